The molecule has 0 fully saturated rings. The molecule has 2 atom stereocenters. The predicted octanol–water partition coefficient (Wildman–Crippen LogP) is 5.53. The van der Waals surface area contributed by atoms with Gasteiger partial charge in [-0.15, -0.1) is 0 Å². The number of hydrogen-bond acceptors (Lipinski definition) is 1. The van der Waals surface area contributed by atoms with E-state index in [2.05, 4.69) is 28.2 Å². The Morgan fingerprint density at radius 3 is 2.33 bits per heavy atom. The average molecular weight is 354 g/mol. The highest BCUT2D eigenvalue weighted by Gasteiger charge is 2.16. The second-order valence-corrected chi connectivity index (χ2v) is 5.98. The molecular weight excluding hydrogens is 336 g/mol. The molecule has 2 rings (SSSR count). The zero-order valence-electron chi connectivity index (χ0n) is 12.0. The second kappa shape index (κ2) is 7.14. The SMILES string of the molecule is CCC(NC(C)c1ccc(F)cc1F)c1ccc(Br)cc1. The molecule has 0 amide bonds. The summed E-state index contributed by atoms with van der Waals surface area (Å²) in [6.45, 7) is 3.96. The van der Waals surface area contributed by atoms with Gasteiger partial charge in [-0.3, -0.25) is 0 Å². The molecule has 0 heterocycles. The largest absolute Gasteiger partial charge is 0.303 e. The Balaban J connectivity index is 2.15. The van der Waals surface area contributed by atoms with E-state index in [0.717, 1.165) is 22.5 Å². The van der Waals surface area contributed by atoms with Crippen molar-refractivity contribution in [1.82, 2.24) is 5.32 Å². The molecule has 0 aliphatic heterocycles. The lowest BCUT2D eigenvalue weighted by Gasteiger charge is -2.23. The van der Waals surface area contributed by atoms with Gasteiger partial charge in [0.25, 0.3) is 0 Å². The van der Waals surface area contributed by atoms with Crippen LogP contribution in [0, 0.1) is 11.6 Å². The van der Waals surface area contributed by atoms with Gasteiger partial charge in [0.1, 0.15) is 11.6 Å². The standard InChI is InChI=1S/C17H18BrF2N/c1-3-17(12-4-6-13(18)7-5-12)21-11(2)15-9-8-14(19)10-16(15)20/h4-11,17,21H,3H2,1-2H3. The van der Waals surface area contributed by atoms with Crippen LogP contribution in [0.15, 0.2) is 46.9 Å². The van der Waals surface area contributed by atoms with Crippen LogP contribution in [0.3, 0.4) is 0 Å². The van der Waals surface area contributed by atoms with Crippen molar-refractivity contribution in [1.29, 1.82) is 0 Å². The molecule has 4 heteroatoms. The molecule has 112 valence electrons. The first-order valence-electron chi connectivity index (χ1n) is 6.97. The highest BCUT2D eigenvalue weighted by atomic mass is 79.9. The van der Waals surface area contributed by atoms with Crippen LogP contribution in [-0.2, 0) is 0 Å². The maximum absolute atomic E-state index is 13.8. The fourth-order valence-electron chi connectivity index (χ4n) is 2.39. The van der Waals surface area contributed by atoms with Crippen LogP contribution in [0.2, 0.25) is 0 Å². The lowest BCUT2D eigenvalue weighted by molar-refractivity contribution is 0.441. The number of nitrogens with one attached hydrogen (secondary N) is 1. The summed E-state index contributed by atoms with van der Waals surface area (Å²) in [6, 6.07) is 11.7. The maximum atomic E-state index is 13.8. The van der Waals surface area contributed by atoms with Gasteiger partial charge in [0.2, 0.25) is 0 Å². The van der Waals surface area contributed by atoms with Crippen molar-refractivity contribution in [2.24, 2.45) is 0 Å². The Labute approximate surface area is 132 Å². The molecule has 2 aromatic rings. The van der Waals surface area contributed by atoms with Gasteiger partial charge in [-0.2, -0.15) is 0 Å². The second-order valence-electron chi connectivity index (χ2n) is 5.07. The van der Waals surface area contributed by atoms with Gasteiger partial charge in [-0.05, 0) is 37.1 Å². The predicted molar refractivity (Wildman–Crippen MR) is 85.1 cm³/mol. The molecule has 0 aliphatic carbocycles. The normalized spacial score (nSPS) is 14.0. The summed E-state index contributed by atoms with van der Waals surface area (Å²) >= 11 is 3.41. The van der Waals surface area contributed by atoms with Crippen LogP contribution in [0.25, 0.3) is 0 Å². The van der Waals surface area contributed by atoms with Crippen LogP contribution in [0.1, 0.15) is 43.5 Å². The van der Waals surface area contributed by atoms with Gasteiger partial charge in [0.15, 0.2) is 0 Å². The van der Waals surface area contributed by atoms with Crippen molar-refractivity contribution < 1.29 is 8.78 Å². The van der Waals surface area contributed by atoms with Gasteiger partial charge < -0.3 is 5.32 Å². The van der Waals surface area contributed by atoms with Crippen molar-refractivity contribution in [3.8, 4) is 0 Å². The molecular formula is C17H18BrF2N. The van der Waals surface area contributed by atoms with Crippen LogP contribution in [-0.4, -0.2) is 0 Å². The van der Waals surface area contributed by atoms with Gasteiger partial charge in [-0.25, -0.2) is 8.78 Å². The quantitative estimate of drug-likeness (QED) is 0.745. The fraction of sp³-hybridized carbons (Fsp3) is 0.294. The van der Waals surface area contributed by atoms with Crippen molar-refractivity contribution in [3.05, 3.63) is 69.7 Å². The Hall–Kier alpha value is -1.26. The summed E-state index contributed by atoms with van der Waals surface area (Å²) in [6.07, 6.45) is 0.884. The first-order chi connectivity index (χ1) is 10.0. The molecule has 2 aromatic carbocycles. The van der Waals surface area contributed by atoms with Crippen LogP contribution in [0.4, 0.5) is 8.78 Å². The van der Waals surface area contributed by atoms with E-state index in [9.17, 15) is 8.78 Å². The Morgan fingerprint density at radius 2 is 1.76 bits per heavy atom. The number of halogens is 3. The van der Waals surface area contributed by atoms with Crippen LogP contribution >= 0.6 is 15.9 Å². The highest BCUT2D eigenvalue weighted by Crippen LogP contribution is 2.25. The number of hydrogen-bond donors (Lipinski definition) is 1. The topological polar surface area (TPSA) is 12.0 Å². The Kier molecular flexibility index (Phi) is 5.48. The van der Waals surface area contributed by atoms with E-state index in [4.69, 9.17) is 0 Å². The molecule has 0 saturated heterocycles. The third-order valence-corrected chi connectivity index (χ3v) is 4.09. The van der Waals surface area contributed by atoms with E-state index in [1.54, 1.807) is 0 Å². The molecule has 2 unspecified atom stereocenters. The zero-order valence-corrected chi connectivity index (χ0v) is 13.6. The summed E-state index contributed by atoms with van der Waals surface area (Å²) in [7, 11) is 0. The third kappa shape index (κ3) is 4.11. The fourth-order valence-corrected chi connectivity index (χ4v) is 2.65. The summed E-state index contributed by atoms with van der Waals surface area (Å²) in [4.78, 5) is 0. The molecule has 0 aromatic heterocycles. The first-order valence-corrected chi connectivity index (χ1v) is 7.77. The highest BCUT2D eigenvalue weighted by molar-refractivity contribution is 9.10. The first kappa shape index (κ1) is 16.1. The lowest BCUT2D eigenvalue weighted by atomic mass is 10.0. The van der Waals surface area contributed by atoms with Gasteiger partial charge in [-0.1, -0.05) is 41.1 Å². The van der Waals surface area contributed by atoms with Gasteiger partial charge in [0.05, 0.1) is 0 Å². The van der Waals surface area contributed by atoms with E-state index < -0.39 is 11.6 Å². The van der Waals surface area contributed by atoms with Crippen molar-refractivity contribution in [3.63, 3.8) is 0 Å². The zero-order chi connectivity index (χ0) is 15.4. The number of benzene rings is 2. The van der Waals surface area contributed by atoms with E-state index >= 15 is 0 Å². The molecule has 21 heavy (non-hydrogen) atoms. The summed E-state index contributed by atoms with van der Waals surface area (Å²) in [5.74, 6) is -1.07. The monoisotopic (exact) mass is 353 g/mol. The molecule has 0 bridgehead atoms. The molecule has 0 saturated carbocycles. The average Bonchev–Trinajstić information content (AvgIpc) is 2.45. The maximum Gasteiger partial charge on any atom is 0.130 e. The van der Waals surface area contributed by atoms with E-state index in [0.29, 0.717) is 5.56 Å². The summed E-state index contributed by atoms with van der Waals surface area (Å²) < 4.78 is 27.8. The Bertz CT molecular complexity index is 598. The van der Waals surface area contributed by atoms with Crippen molar-refractivity contribution >= 4 is 15.9 Å². The smallest absolute Gasteiger partial charge is 0.130 e. The van der Waals surface area contributed by atoms with Crippen LogP contribution < -0.4 is 5.32 Å². The lowest BCUT2D eigenvalue weighted by Crippen LogP contribution is -2.25. The molecule has 1 nitrogen and oxygen atoms in total. The molecule has 0 radical (unpaired) electrons. The number of rotatable bonds is 5. The molecule has 0 aliphatic rings. The van der Waals surface area contributed by atoms with Crippen LogP contribution in [0.5, 0.6) is 0 Å². The van der Waals surface area contributed by atoms with Gasteiger partial charge in [0, 0.05) is 28.2 Å². The molecule has 1 N–H and O–H groups in total. The summed E-state index contributed by atoms with van der Waals surface area (Å²) in [5.41, 5.74) is 1.63. The molecule has 0 spiro atoms. The minimum atomic E-state index is -0.552. The van der Waals surface area contributed by atoms with E-state index in [-0.39, 0.29) is 12.1 Å². The Morgan fingerprint density at radius 1 is 1.10 bits per heavy atom. The van der Waals surface area contributed by atoms with E-state index in [1.165, 1.54) is 12.1 Å². The van der Waals surface area contributed by atoms with E-state index in [1.807, 2.05) is 31.2 Å². The minimum Gasteiger partial charge on any atom is -0.303 e. The minimum absolute atomic E-state index is 0.123. The van der Waals surface area contributed by atoms with Crippen molar-refractivity contribution in [2.45, 2.75) is 32.4 Å². The van der Waals surface area contributed by atoms with Gasteiger partial charge >= 0.3 is 0 Å². The summed E-state index contributed by atoms with van der Waals surface area (Å²) in [5, 5.41) is 3.40. The van der Waals surface area contributed by atoms with Crippen molar-refractivity contribution in [2.75, 3.05) is 0 Å². The third-order valence-electron chi connectivity index (χ3n) is 3.56.